The van der Waals surface area contributed by atoms with Crippen molar-refractivity contribution in [2.75, 3.05) is 4.72 Å². The predicted octanol–water partition coefficient (Wildman–Crippen LogP) is 6.57. The van der Waals surface area contributed by atoms with Crippen molar-refractivity contribution in [1.29, 1.82) is 0 Å². The Kier molecular flexibility index (Phi) is 4.69. The van der Waals surface area contributed by atoms with Crippen LogP contribution in [0.1, 0.15) is 49.7 Å². The monoisotopic (exact) mass is 449 g/mol. The molecule has 3 nitrogen and oxygen atoms in total. The number of rotatable bonds is 4. The van der Waals surface area contributed by atoms with Crippen LogP contribution in [-0.4, -0.2) is 8.42 Å². The van der Waals surface area contributed by atoms with Crippen LogP contribution in [-0.2, 0) is 15.4 Å². The normalized spacial score (nSPS) is 30.5. The van der Waals surface area contributed by atoms with E-state index in [1.54, 1.807) is 6.07 Å². The Morgan fingerprint density at radius 1 is 0.931 bits per heavy atom. The second-order valence-corrected chi connectivity index (χ2v) is 12.0. The standard InChI is InChI=1S/C23H25Cl2NO2S/c1-14-4-18(23-11-15-6-16(12-23)8-17(7-15)13-23)9-20(5-14)26-29(27,28)22-10-19(24)2-3-21(22)25/h2-5,9-10,15-17,26H,6-8,11-13H2,1H3. The molecule has 0 saturated heterocycles. The molecule has 4 saturated carbocycles. The summed E-state index contributed by atoms with van der Waals surface area (Å²) in [6, 6.07) is 10.7. The topological polar surface area (TPSA) is 46.2 Å². The van der Waals surface area contributed by atoms with Gasteiger partial charge in [-0.2, -0.15) is 0 Å². The van der Waals surface area contributed by atoms with E-state index in [1.165, 1.54) is 56.2 Å². The van der Waals surface area contributed by atoms with Crippen molar-refractivity contribution >= 4 is 38.9 Å². The molecule has 0 unspecified atom stereocenters. The maximum Gasteiger partial charge on any atom is 0.263 e. The third kappa shape index (κ3) is 3.58. The third-order valence-electron chi connectivity index (χ3n) is 7.16. The van der Waals surface area contributed by atoms with Gasteiger partial charge in [0.2, 0.25) is 0 Å². The zero-order valence-electron chi connectivity index (χ0n) is 16.4. The predicted molar refractivity (Wildman–Crippen MR) is 118 cm³/mol. The van der Waals surface area contributed by atoms with E-state index in [-0.39, 0.29) is 15.3 Å². The maximum absolute atomic E-state index is 13.0. The SMILES string of the molecule is Cc1cc(NS(=O)(=O)c2cc(Cl)ccc2Cl)cc(C23CC4CC(CC(C4)C2)C3)c1. The molecule has 4 fully saturated rings. The summed E-state index contributed by atoms with van der Waals surface area (Å²) in [6.45, 7) is 2.04. The van der Waals surface area contributed by atoms with Crippen LogP contribution in [0.4, 0.5) is 5.69 Å². The Bertz CT molecular complexity index is 1040. The van der Waals surface area contributed by atoms with Crippen LogP contribution in [0, 0.1) is 24.7 Å². The van der Waals surface area contributed by atoms with Gasteiger partial charge in [0, 0.05) is 10.7 Å². The number of benzene rings is 2. The number of hydrogen-bond acceptors (Lipinski definition) is 2. The van der Waals surface area contributed by atoms with Crippen LogP contribution in [0.25, 0.3) is 0 Å². The lowest BCUT2D eigenvalue weighted by molar-refractivity contribution is -0.00518. The van der Waals surface area contributed by atoms with E-state index in [9.17, 15) is 8.42 Å². The zero-order valence-corrected chi connectivity index (χ0v) is 18.7. The fourth-order valence-electron chi connectivity index (χ4n) is 6.51. The van der Waals surface area contributed by atoms with Crippen molar-refractivity contribution in [3.63, 3.8) is 0 Å². The van der Waals surface area contributed by atoms with Crippen molar-refractivity contribution in [2.45, 2.75) is 55.8 Å². The van der Waals surface area contributed by atoms with Gasteiger partial charge in [-0.15, -0.1) is 0 Å². The Labute approximate surface area is 182 Å². The Morgan fingerprint density at radius 3 is 2.17 bits per heavy atom. The highest BCUT2D eigenvalue weighted by Crippen LogP contribution is 2.61. The van der Waals surface area contributed by atoms with Gasteiger partial charge in [0.25, 0.3) is 10.0 Å². The second-order valence-electron chi connectivity index (χ2n) is 9.47. The lowest BCUT2D eigenvalue weighted by atomic mass is 9.48. The molecule has 0 aliphatic heterocycles. The summed E-state index contributed by atoms with van der Waals surface area (Å²) >= 11 is 12.1. The zero-order chi connectivity index (χ0) is 20.4. The van der Waals surface area contributed by atoms with Crippen molar-refractivity contribution in [3.8, 4) is 0 Å². The van der Waals surface area contributed by atoms with Gasteiger partial charge in [-0.05, 0) is 110 Å². The molecule has 154 valence electrons. The molecule has 29 heavy (non-hydrogen) atoms. The average molecular weight is 450 g/mol. The molecule has 1 N–H and O–H groups in total. The molecule has 0 amide bonds. The summed E-state index contributed by atoms with van der Waals surface area (Å²) in [6.07, 6.45) is 7.89. The number of anilines is 1. The highest BCUT2D eigenvalue weighted by molar-refractivity contribution is 7.92. The Morgan fingerprint density at radius 2 is 1.55 bits per heavy atom. The molecule has 0 spiro atoms. The van der Waals surface area contributed by atoms with Crippen molar-refractivity contribution in [3.05, 3.63) is 57.6 Å². The summed E-state index contributed by atoms with van der Waals surface area (Å²) in [7, 11) is -3.82. The molecule has 0 aromatic heterocycles. The van der Waals surface area contributed by atoms with Gasteiger partial charge in [0.05, 0.1) is 5.02 Å². The third-order valence-corrected chi connectivity index (χ3v) is 9.26. The van der Waals surface area contributed by atoms with E-state index in [2.05, 4.69) is 16.9 Å². The summed E-state index contributed by atoms with van der Waals surface area (Å²) in [4.78, 5) is 0.00419. The van der Waals surface area contributed by atoms with Crippen molar-refractivity contribution in [1.82, 2.24) is 0 Å². The highest BCUT2D eigenvalue weighted by Gasteiger charge is 2.51. The molecule has 6 heteroatoms. The van der Waals surface area contributed by atoms with E-state index in [1.807, 2.05) is 13.0 Å². The molecule has 2 aromatic carbocycles. The fraction of sp³-hybridized carbons (Fsp3) is 0.478. The minimum absolute atomic E-state index is 0.00419. The van der Waals surface area contributed by atoms with Crippen molar-refractivity contribution in [2.24, 2.45) is 17.8 Å². The first kappa shape index (κ1) is 19.7. The second kappa shape index (κ2) is 6.90. The number of halogens is 2. The molecular formula is C23H25Cl2NO2S. The maximum atomic E-state index is 13.0. The molecule has 0 heterocycles. The molecular weight excluding hydrogens is 425 g/mol. The lowest BCUT2D eigenvalue weighted by Gasteiger charge is -2.57. The van der Waals surface area contributed by atoms with E-state index >= 15 is 0 Å². The van der Waals surface area contributed by atoms with E-state index in [4.69, 9.17) is 23.2 Å². The fourth-order valence-corrected chi connectivity index (χ4v) is 8.31. The Hall–Kier alpha value is -1.23. The van der Waals surface area contributed by atoms with Crippen LogP contribution in [0.5, 0.6) is 0 Å². The molecule has 0 radical (unpaired) electrons. The number of aryl methyl sites for hydroxylation is 1. The van der Waals surface area contributed by atoms with Crippen LogP contribution in [0.3, 0.4) is 0 Å². The van der Waals surface area contributed by atoms with Gasteiger partial charge >= 0.3 is 0 Å². The van der Waals surface area contributed by atoms with Gasteiger partial charge in [-0.3, -0.25) is 4.72 Å². The Balaban J connectivity index is 1.50. The molecule has 4 bridgehead atoms. The first-order valence-corrected chi connectivity index (χ1v) is 12.6. The van der Waals surface area contributed by atoms with Crippen LogP contribution in [0.15, 0.2) is 41.3 Å². The van der Waals surface area contributed by atoms with E-state index < -0.39 is 10.0 Å². The van der Waals surface area contributed by atoms with Crippen LogP contribution >= 0.6 is 23.2 Å². The summed E-state index contributed by atoms with van der Waals surface area (Å²) in [5.74, 6) is 2.52. The minimum Gasteiger partial charge on any atom is -0.280 e. The van der Waals surface area contributed by atoms with Gasteiger partial charge in [-0.1, -0.05) is 29.3 Å². The largest absolute Gasteiger partial charge is 0.280 e. The van der Waals surface area contributed by atoms with E-state index in [0.717, 1.165) is 23.3 Å². The number of sulfonamides is 1. The van der Waals surface area contributed by atoms with Gasteiger partial charge in [0.1, 0.15) is 4.90 Å². The van der Waals surface area contributed by atoms with Crippen molar-refractivity contribution < 1.29 is 8.42 Å². The minimum atomic E-state index is -3.82. The first-order chi connectivity index (χ1) is 13.7. The number of nitrogens with one attached hydrogen (secondary N) is 1. The first-order valence-electron chi connectivity index (χ1n) is 10.3. The van der Waals surface area contributed by atoms with Gasteiger partial charge in [0.15, 0.2) is 0 Å². The number of hydrogen-bond donors (Lipinski definition) is 1. The molecule has 4 aliphatic carbocycles. The molecule has 0 atom stereocenters. The molecule has 2 aromatic rings. The van der Waals surface area contributed by atoms with E-state index in [0.29, 0.717) is 10.7 Å². The van der Waals surface area contributed by atoms with Crippen LogP contribution < -0.4 is 4.72 Å². The quantitative estimate of drug-likeness (QED) is 0.573. The summed E-state index contributed by atoms with van der Waals surface area (Å²) in [5, 5.41) is 0.504. The van der Waals surface area contributed by atoms with Crippen LogP contribution in [0.2, 0.25) is 10.0 Å². The lowest BCUT2D eigenvalue weighted by Crippen LogP contribution is -2.48. The summed E-state index contributed by atoms with van der Waals surface area (Å²) < 4.78 is 28.7. The average Bonchev–Trinajstić information content (AvgIpc) is 2.61. The smallest absolute Gasteiger partial charge is 0.263 e. The molecule has 4 aliphatic rings. The summed E-state index contributed by atoms with van der Waals surface area (Å²) in [5.41, 5.74) is 3.20. The van der Waals surface area contributed by atoms with Gasteiger partial charge in [-0.25, -0.2) is 8.42 Å². The van der Waals surface area contributed by atoms with Gasteiger partial charge < -0.3 is 0 Å². The molecule has 6 rings (SSSR count). The highest BCUT2D eigenvalue weighted by atomic mass is 35.5.